The van der Waals surface area contributed by atoms with Crippen molar-refractivity contribution < 1.29 is 4.74 Å². The summed E-state index contributed by atoms with van der Waals surface area (Å²) in [5, 5.41) is 1.19. The fraction of sp³-hybridized carbons (Fsp3) is 0.636. The molecule has 0 aliphatic carbocycles. The van der Waals surface area contributed by atoms with Crippen molar-refractivity contribution in [1.29, 1.82) is 0 Å². The zero-order chi connectivity index (χ0) is 12.5. The number of hydrogen-bond acceptors (Lipinski definition) is 5. The smallest absolute Gasteiger partial charge is 0.190 e. The zero-order valence-corrected chi connectivity index (χ0v) is 11.8. The monoisotopic (exact) mass is 273 g/mol. The van der Waals surface area contributed by atoms with Gasteiger partial charge in [-0.1, -0.05) is 23.4 Å². The molecule has 1 fully saturated rings. The molecule has 1 aliphatic rings. The topological polar surface area (TPSA) is 38.2 Å². The molecule has 1 aromatic rings. The molecule has 17 heavy (non-hydrogen) atoms. The Hall–Kier alpha value is -0.520. The Labute approximate surface area is 111 Å². The second-order valence-electron chi connectivity index (χ2n) is 4.55. The van der Waals surface area contributed by atoms with Gasteiger partial charge < -0.3 is 9.64 Å². The molecule has 0 bridgehead atoms. The van der Waals surface area contributed by atoms with E-state index in [4.69, 9.17) is 16.3 Å². The highest BCUT2D eigenvalue weighted by atomic mass is 35.5. The number of nitrogens with zero attached hydrogens (tertiary/aromatic N) is 3. The first-order valence-electron chi connectivity index (χ1n) is 5.47. The summed E-state index contributed by atoms with van der Waals surface area (Å²) >= 11 is 7.52. The lowest BCUT2D eigenvalue weighted by atomic mass is 10.0. The Balaban J connectivity index is 2.35. The maximum Gasteiger partial charge on any atom is 0.190 e. The average Bonchev–Trinajstić information content (AvgIpc) is 2.27. The second-order valence-corrected chi connectivity index (χ2v) is 5.71. The largest absolute Gasteiger partial charge is 0.377 e. The quantitative estimate of drug-likeness (QED) is 0.470. The first-order chi connectivity index (χ1) is 8.03. The van der Waals surface area contributed by atoms with Crippen LogP contribution in [-0.4, -0.2) is 41.5 Å². The van der Waals surface area contributed by atoms with Gasteiger partial charge in [0.25, 0.3) is 0 Å². The molecule has 2 rings (SSSR count). The third kappa shape index (κ3) is 2.84. The van der Waals surface area contributed by atoms with Crippen molar-refractivity contribution in [1.82, 2.24) is 9.97 Å². The van der Waals surface area contributed by atoms with Crippen LogP contribution in [0.4, 0.5) is 5.82 Å². The van der Waals surface area contributed by atoms with Gasteiger partial charge in [-0.05, 0) is 20.1 Å². The van der Waals surface area contributed by atoms with Gasteiger partial charge in [0.15, 0.2) is 5.16 Å². The number of rotatable bonds is 2. The van der Waals surface area contributed by atoms with Gasteiger partial charge in [-0.3, -0.25) is 0 Å². The van der Waals surface area contributed by atoms with E-state index in [1.165, 1.54) is 11.8 Å². The summed E-state index contributed by atoms with van der Waals surface area (Å²) in [7, 11) is 0. The van der Waals surface area contributed by atoms with Gasteiger partial charge in [0, 0.05) is 12.6 Å². The van der Waals surface area contributed by atoms with Crippen molar-refractivity contribution >= 4 is 29.2 Å². The Bertz CT molecular complexity index is 414. The van der Waals surface area contributed by atoms with Crippen molar-refractivity contribution in [3.63, 3.8) is 0 Å². The molecule has 0 unspecified atom stereocenters. The summed E-state index contributed by atoms with van der Waals surface area (Å²) < 4.78 is 5.50. The van der Waals surface area contributed by atoms with E-state index in [1.54, 1.807) is 0 Å². The van der Waals surface area contributed by atoms with Crippen LogP contribution in [0.15, 0.2) is 11.2 Å². The Morgan fingerprint density at radius 2 is 2.24 bits per heavy atom. The highest BCUT2D eigenvalue weighted by Gasteiger charge is 2.31. The lowest BCUT2D eigenvalue weighted by Crippen LogP contribution is -2.53. The van der Waals surface area contributed by atoms with Crippen LogP contribution in [0.3, 0.4) is 0 Å². The molecule has 6 heteroatoms. The number of morpholine rings is 1. The number of aromatic nitrogens is 2. The Morgan fingerprint density at radius 3 is 2.88 bits per heavy atom. The van der Waals surface area contributed by atoms with Gasteiger partial charge in [-0.15, -0.1) is 0 Å². The van der Waals surface area contributed by atoms with E-state index in [2.05, 4.69) is 28.7 Å². The van der Waals surface area contributed by atoms with E-state index >= 15 is 0 Å². The summed E-state index contributed by atoms with van der Waals surface area (Å²) in [4.78, 5) is 10.9. The molecule has 4 nitrogen and oxygen atoms in total. The van der Waals surface area contributed by atoms with E-state index in [1.807, 2.05) is 12.3 Å². The minimum Gasteiger partial charge on any atom is -0.377 e. The fourth-order valence-corrected chi connectivity index (χ4v) is 2.50. The summed E-state index contributed by atoms with van der Waals surface area (Å²) in [6, 6.07) is 1.81. The molecule has 0 saturated carbocycles. The van der Waals surface area contributed by atoms with Gasteiger partial charge in [-0.2, -0.15) is 0 Å². The van der Waals surface area contributed by atoms with Crippen molar-refractivity contribution in [2.45, 2.75) is 24.5 Å². The average molecular weight is 274 g/mol. The third-order valence-electron chi connectivity index (χ3n) is 2.77. The normalized spacial score (nSPS) is 19.4. The first-order valence-corrected chi connectivity index (χ1v) is 7.07. The molecular weight excluding hydrogens is 258 g/mol. The molecular formula is C11H16ClN3OS. The van der Waals surface area contributed by atoms with Crippen LogP contribution in [0.5, 0.6) is 0 Å². The van der Waals surface area contributed by atoms with Gasteiger partial charge in [0.2, 0.25) is 0 Å². The molecule has 1 aliphatic heterocycles. The highest BCUT2D eigenvalue weighted by molar-refractivity contribution is 7.98. The van der Waals surface area contributed by atoms with Crippen LogP contribution >= 0.6 is 23.4 Å². The predicted octanol–water partition coefficient (Wildman–Crippen LogP) is 2.47. The van der Waals surface area contributed by atoms with Gasteiger partial charge in [0.05, 0.1) is 18.8 Å². The number of ether oxygens (including phenoxy) is 1. The Kier molecular flexibility index (Phi) is 3.80. The fourth-order valence-electron chi connectivity index (χ4n) is 1.90. The zero-order valence-electron chi connectivity index (χ0n) is 10.2. The maximum absolute atomic E-state index is 6.02. The predicted molar refractivity (Wildman–Crippen MR) is 71.1 cm³/mol. The lowest BCUT2D eigenvalue weighted by molar-refractivity contribution is 0.0638. The van der Waals surface area contributed by atoms with Crippen LogP contribution in [0, 0.1) is 0 Å². The van der Waals surface area contributed by atoms with Crippen LogP contribution in [-0.2, 0) is 4.74 Å². The second kappa shape index (κ2) is 5.00. The first kappa shape index (κ1) is 12.9. The standard InChI is InChI=1S/C11H16ClN3OS/c1-11(2)7-16-5-4-15(11)9-6-8(12)13-10(14-9)17-3/h6H,4-5,7H2,1-3H3. The molecule has 94 valence electrons. The van der Waals surface area contributed by atoms with Crippen molar-refractivity contribution in [2.24, 2.45) is 0 Å². The molecule has 2 heterocycles. The minimum absolute atomic E-state index is 0.0639. The molecule has 0 radical (unpaired) electrons. The van der Waals surface area contributed by atoms with Crippen LogP contribution in [0.25, 0.3) is 0 Å². The number of thioether (sulfide) groups is 1. The number of halogens is 1. The van der Waals surface area contributed by atoms with E-state index in [9.17, 15) is 0 Å². The molecule has 0 amide bonds. The molecule has 1 aromatic heterocycles. The van der Waals surface area contributed by atoms with Crippen molar-refractivity contribution in [2.75, 3.05) is 30.9 Å². The highest BCUT2D eigenvalue weighted by Crippen LogP contribution is 2.28. The van der Waals surface area contributed by atoms with Crippen LogP contribution < -0.4 is 4.90 Å². The van der Waals surface area contributed by atoms with E-state index in [0.29, 0.717) is 16.9 Å². The summed E-state index contributed by atoms with van der Waals surface area (Å²) in [6.07, 6.45) is 1.94. The SMILES string of the molecule is CSc1nc(Cl)cc(N2CCOCC2(C)C)n1. The molecule has 0 aromatic carbocycles. The van der Waals surface area contributed by atoms with Crippen LogP contribution in [0.1, 0.15) is 13.8 Å². The third-order valence-corrected chi connectivity index (χ3v) is 3.51. The number of hydrogen-bond donors (Lipinski definition) is 0. The molecule has 0 atom stereocenters. The van der Waals surface area contributed by atoms with Crippen molar-refractivity contribution in [3.8, 4) is 0 Å². The van der Waals surface area contributed by atoms with Gasteiger partial charge in [0.1, 0.15) is 11.0 Å². The minimum atomic E-state index is -0.0639. The van der Waals surface area contributed by atoms with Crippen molar-refractivity contribution in [3.05, 3.63) is 11.2 Å². The maximum atomic E-state index is 6.02. The van der Waals surface area contributed by atoms with Crippen LogP contribution in [0.2, 0.25) is 5.15 Å². The molecule has 0 spiro atoms. The van der Waals surface area contributed by atoms with E-state index in [-0.39, 0.29) is 5.54 Å². The molecule has 0 N–H and O–H groups in total. The molecule has 1 saturated heterocycles. The van der Waals surface area contributed by atoms with E-state index in [0.717, 1.165) is 19.0 Å². The van der Waals surface area contributed by atoms with E-state index < -0.39 is 0 Å². The number of anilines is 1. The summed E-state index contributed by atoms with van der Waals surface area (Å²) in [5.74, 6) is 0.877. The summed E-state index contributed by atoms with van der Waals surface area (Å²) in [6.45, 7) is 6.53. The lowest BCUT2D eigenvalue weighted by Gasteiger charge is -2.42. The van der Waals surface area contributed by atoms with Gasteiger partial charge >= 0.3 is 0 Å². The Morgan fingerprint density at radius 1 is 1.47 bits per heavy atom. The van der Waals surface area contributed by atoms with Gasteiger partial charge in [-0.25, -0.2) is 9.97 Å². The summed E-state index contributed by atoms with van der Waals surface area (Å²) in [5.41, 5.74) is -0.0639.